The second kappa shape index (κ2) is 5.13. The minimum Gasteiger partial charge on any atom is -0.0990 e. The van der Waals surface area contributed by atoms with Crippen molar-refractivity contribution in [1.82, 2.24) is 0 Å². The van der Waals surface area contributed by atoms with Crippen molar-refractivity contribution in [1.29, 1.82) is 0 Å². The quantitative estimate of drug-likeness (QED) is 0.596. The molecule has 1 aliphatic rings. The van der Waals surface area contributed by atoms with E-state index in [2.05, 4.69) is 38.7 Å². The van der Waals surface area contributed by atoms with E-state index in [4.69, 9.17) is 0 Å². The SMILES string of the molecule is C=C/C(C)=C\C=C1/CC=C(CC)S1. The van der Waals surface area contributed by atoms with Crippen LogP contribution in [-0.2, 0) is 0 Å². The molecular weight excluding hydrogens is 176 g/mol. The van der Waals surface area contributed by atoms with Crippen LogP contribution in [0.2, 0.25) is 0 Å². The summed E-state index contributed by atoms with van der Waals surface area (Å²) in [7, 11) is 0. The van der Waals surface area contributed by atoms with E-state index in [0.29, 0.717) is 0 Å². The first kappa shape index (κ1) is 10.4. The van der Waals surface area contributed by atoms with Crippen molar-refractivity contribution >= 4 is 11.8 Å². The van der Waals surface area contributed by atoms with Gasteiger partial charge >= 0.3 is 0 Å². The molecule has 0 bridgehead atoms. The predicted molar refractivity (Wildman–Crippen MR) is 62.6 cm³/mol. The fourth-order valence-electron chi connectivity index (χ4n) is 1.08. The van der Waals surface area contributed by atoms with E-state index in [-0.39, 0.29) is 0 Å². The lowest BCUT2D eigenvalue weighted by Crippen LogP contribution is -1.68. The Hall–Kier alpha value is -0.690. The van der Waals surface area contributed by atoms with Gasteiger partial charge in [0, 0.05) is 0 Å². The molecule has 0 atom stereocenters. The van der Waals surface area contributed by atoms with Gasteiger partial charge in [0.05, 0.1) is 0 Å². The van der Waals surface area contributed by atoms with Crippen LogP contribution in [0, 0.1) is 0 Å². The van der Waals surface area contributed by atoms with Crippen molar-refractivity contribution in [3.8, 4) is 0 Å². The molecule has 1 rings (SSSR count). The molecule has 0 aliphatic carbocycles. The smallest absolute Gasteiger partial charge is 0.00228 e. The van der Waals surface area contributed by atoms with Gasteiger partial charge in [-0.25, -0.2) is 0 Å². The molecule has 1 heteroatoms. The summed E-state index contributed by atoms with van der Waals surface area (Å²) in [6.45, 7) is 7.99. The summed E-state index contributed by atoms with van der Waals surface area (Å²) in [5, 5.41) is 0. The van der Waals surface area contributed by atoms with Gasteiger partial charge in [0.1, 0.15) is 0 Å². The van der Waals surface area contributed by atoms with E-state index in [9.17, 15) is 0 Å². The molecule has 13 heavy (non-hydrogen) atoms. The third-order valence-electron chi connectivity index (χ3n) is 2.00. The molecule has 1 heterocycles. The molecule has 0 spiro atoms. The summed E-state index contributed by atoms with van der Waals surface area (Å²) < 4.78 is 0. The Morgan fingerprint density at radius 1 is 1.69 bits per heavy atom. The maximum Gasteiger partial charge on any atom is -0.00228 e. The topological polar surface area (TPSA) is 0 Å². The van der Waals surface area contributed by atoms with Gasteiger partial charge in [-0.1, -0.05) is 55.1 Å². The lowest BCUT2D eigenvalue weighted by molar-refractivity contribution is 1.19. The summed E-state index contributed by atoms with van der Waals surface area (Å²) in [4.78, 5) is 2.94. The van der Waals surface area contributed by atoms with Crippen LogP contribution in [0.5, 0.6) is 0 Å². The van der Waals surface area contributed by atoms with Crippen molar-refractivity contribution in [3.63, 3.8) is 0 Å². The standard InChI is InChI=1S/C12H16S/c1-4-10(3)6-7-12-9-8-11(5-2)13-12/h4,6-8H,1,5,9H2,2-3H3/b10-6-,12-7+. The Labute approximate surface area is 85.1 Å². The van der Waals surface area contributed by atoms with Gasteiger partial charge in [0.2, 0.25) is 0 Å². The zero-order valence-corrected chi connectivity index (χ0v) is 9.16. The Bertz CT molecular complexity index is 279. The van der Waals surface area contributed by atoms with Gasteiger partial charge in [-0.3, -0.25) is 0 Å². The molecule has 0 fully saturated rings. The highest BCUT2D eigenvalue weighted by Crippen LogP contribution is 2.37. The average molecular weight is 192 g/mol. The molecule has 70 valence electrons. The van der Waals surface area contributed by atoms with Crippen LogP contribution >= 0.6 is 11.8 Å². The third-order valence-corrected chi connectivity index (χ3v) is 3.28. The zero-order chi connectivity index (χ0) is 9.68. The molecule has 0 saturated carbocycles. The molecular formula is C12H16S. The van der Waals surface area contributed by atoms with Crippen molar-refractivity contribution in [2.24, 2.45) is 0 Å². The summed E-state index contributed by atoms with van der Waals surface area (Å²) in [5.74, 6) is 0. The Morgan fingerprint density at radius 3 is 3.00 bits per heavy atom. The summed E-state index contributed by atoms with van der Waals surface area (Å²) >= 11 is 1.91. The number of hydrogen-bond acceptors (Lipinski definition) is 1. The van der Waals surface area contributed by atoms with Crippen LogP contribution in [0.4, 0.5) is 0 Å². The van der Waals surface area contributed by atoms with Gasteiger partial charge in [0.15, 0.2) is 0 Å². The van der Waals surface area contributed by atoms with Gasteiger partial charge in [-0.05, 0) is 29.6 Å². The van der Waals surface area contributed by atoms with E-state index in [1.54, 1.807) is 0 Å². The second-order valence-corrected chi connectivity index (χ2v) is 4.33. The lowest BCUT2D eigenvalue weighted by atomic mass is 10.2. The van der Waals surface area contributed by atoms with E-state index in [1.165, 1.54) is 15.4 Å². The molecule has 0 N–H and O–H groups in total. The van der Waals surface area contributed by atoms with Crippen LogP contribution in [0.25, 0.3) is 0 Å². The molecule has 0 radical (unpaired) electrons. The Balaban J connectivity index is 2.54. The first-order valence-corrected chi connectivity index (χ1v) is 5.44. The normalized spacial score (nSPS) is 20.6. The van der Waals surface area contributed by atoms with Crippen molar-refractivity contribution in [3.05, 3.63) is 46.3 Å². The van der Waals surface area contributed by atoms with Gasteiger partial charge in [0.25, 0.3) is 0 Å². The van der Waals surface area contributed by atoms with E-state index in [0.717, 1.165) is 12.8 Å². The first-order valence-electron chi connectivity index (χ1n) is 4.63. The van der Waals surface area contributed by atoms with Gasteiger partial charge < -0.3 is 0 Å². The molecule has 0 nitrogen and oxygen atoms in total. The zero-order valence-electron chi connectivity index (χ0n) is 8.34. The second-order valence-electron chi connectivity index (χ2n) is 3.08. The fraction of sp³-hybridized carbons (Fsp3) is 0.333. The van der Waals surface area contributed by atoms with E-state index < -0.39 is 0 Å². The predicted octanol–water partition coefficient (Wildman–Crippen LogP) is 4.43. The Morgan fingerprint density at radius 2 is 2.46 bits per heavy atom. The summed E-state index contributed by atoms with van der Waals surface area (Å²) in [5.41, 5.74) is 1.22. The molecule has 0 aromatic rings. The molecule has 0 aromatic carbocycles. The number of rotatable bonds is 3. The average Bonchev–Trinajstić information content (AvgIpc) is 2.61. The largest absolute Gasteiger partial charge is 0.0990 e. The minimum atomic E-state index is 1.11. The van der Waals surface area contributed by atoms with Crippen LogP contribution in [0.1, 0.15) is 26.7 Å². The molecule has 0 saturated heterocycles. The van der Waals surface area contributed by atoms with Crippen molar-refractivity contribution in [2.75, 3.05) is 0 Å². The molecule has 0 unspecified atom stereocenters. The fourth-order valence-corrected chi connectivity index (χ4v) is 2.03. The van der Waals surface area contributed by atoms with E-state index in [1.807, 2.05) is 17.8 Å². The minimum absolute atomic E-state index is 1.11. The number of thioether (sulfide) groups is 1. The monoisotopic (exact) mass is 192 g/mol. The first-order chi connectivity index (χ1) is 6.26. The van der Waals surface area contributed by atoms with Gasteiger partial charge in [-0.2, -0.15) is 0 Å². The van der Waals surface area contributed by atoms with Crippen LogP contribution in [0.3, 0.4) is 0 Å². The summed E-state index contributed by atoms with van der Waals surface area (Å²) in [6.07, 6.45) is 10.8. The van der Waals surface area contributed by atoms with Crippen molar-refractivity contribution < 1.29 is 0 Å². The van der Waals surface area contributed by atoms with Crippen LogP contribution in [0.15, 0.2) is 46.3 Å². The Kier molecular flexibility index (Phi) is 4.10. The molecule has 0 amide bonds. The van der Waals surface area contributed by atoms with Gasteiger partial charge in [-0.15, -0.1) is 0 Å². The maximum absolute atomic E-state index is 3.72. The maximum atomic E-state index is 3.72. The van der Waals surface area contributed by atoms with Crippen molar-refractivity contribution in [2.45, 2.75) is 26.7 Å². The molecule has 0 aromatic heterocycles. The number of allylic oxidation sites excluding steroid dienone is 7. The lowest BCUT2D eigenvalue weighted by Gasteiger charge is -1.95. The van der Waals surface area contributed by atoms with Crippen LogP contribution < -0.4 is 0 Å². The highest BCUT2D eigenvalue weighted by Gasteiger charge is 2.07. The highest BCUT2D eigenvalue weighted by atomic mass is 32.2. The number of hydrogen-bond donors (Lipinski definition) is 0. The molecule has 1 aliphatic heterocycles. The third kappa shape index (κ3) is 3.27. The summed E-state index contributed by atoms with van der Waals surface area (Å²) in [6, 6.07) is 0. The highest BCUT2D eigenvalue weighted by molar-refractivity contribution is 8.07. The van der Waals surface area contributed by atoms with Crippen LogP contribution in [-0.4, -0.2) is 0 Å². The van der Waals surface area contributed by atoms with E-state index >= 15 is 0 Å².